The monoisotopic (exact) mass is 260 g/mol. The zero-order valence-corrected chi connectivity index (χ0v) is 11.9. The maximum Gasteiger partial charge on any atom is 0.410 e. The summed E-state index contributed by atoms with van der Waals surface area (Å²) in [6.07, 6.45) is 2.04. The van der Waals surface area contributed by atoms with Gasteiger partial charge >= 0.3 is 6.09 Å². The van der Waals surface area contributed by atoms with E-state index in [1.54, 1.807) is 0 Å². The number of hydrogen-bond donors (Lipinski definition) is 1. The molecule has 1 aliphatic rings. The van der Waals surface area contributed by atoms with E-state index in [1.165, 1.54) is 6.42 Å². The second-order valence-corrected chi connectivity index (χ2v) is 6.76. The summed E-state index contributed by atoms with van der Waals surface area (Å²) in [6.45, 7) is 8.00. The second-order valence-electron chi connectivity index (χ2n) is 5.35. The van der Waals surface area contributed by atoms with E-state index in [2.05, 4.69) is 0 Å². The Labute approximate surface area is 108 Å². The molecule has 0 spiro atoms. The number of piperidine rings is 1. The highest BCUT2D eigenvalue weighted by atomic mass is 32.2. The fourth-order valence-electron chi connectivity index (χ4n) is 1.80. The van der Waals surface area contributed by atoms with Gasteiger partial charge in [-0.15, -0.1) is 0 Å². The number of thioether (sulfide) groups is 1. The van der Waals surface area contributed by atoms with E-state index in [9.17, 15) is 4.79 Å². The lowest BCUT2D eigenvalue weighted by atomic mass is 10.1. The number of carbonyl (C=O) groups is 1. The van der Waals surface area contributed by atoms with Crippen molar-refractivity contribution in [3.63, 3.8) is 0 Å². The molecular weight excluding hydrogens is 236 g/mol. The van der Waals surface area contributed by atoms with Gasteiger partial charge in [-0.1, -0.05) is 0 Å². The summed E-state index contributed by atoms with van der Waals surface area (Å²) in [5.41, 5.74) is 5.09. The Balaban J connectivity index is 2.40. The number of hydrogen-bond acceptors (Lipinski definition) is 4. The average Bonchev–Trinajstić information content (AvgIpc) is 2.24. The summed E-state index contributed by atoms with van der Waals surface area (Å²) in [6, 6.07) is 0. The summed E-state index contributed by atoms with van der Waals surface area (Å²) in [7, 11) is 0. The quantitative estimate of drug-likeness (QED) is 0.844. The first kappa shape index (κ1) is 14.6. The van der Waals surface area contributed by atoms with Crippen LogP contribution in [0.15, 0.2) is 0 Å². The summed E-state index contributed by atoms with van der Waals surface area (Å²) in [5.74, 6) is 0.965. The van der Waals surface area contributed by atoms with Crippen LogP contribution in [-0.2, 0) is 4.74 Å². The Hall–Kier alpha value is -0.420. The van der Waals surface area contributed by atoms with Gasteiger partial charge in [-0.25, -0.2) is 4.79 Å². The first-order valence-corrected chi connectivity index (χ1v) is 7.27. The van der Waals surface area contributed by atoms with Gasteiger partial charge in [0.1, 0.15) is 5.60 Å². The standard InChI is InChI=1S/C12H24N2O2S/c1-12(2,3)16-11(15)14-7-4-5-10(9-14)17-8-6-13/h10H,4-9,13H2,1-3H3/t10-/m1/s1. The number of carbonyl (C=O) groups excluding carboxylic acids is 1. The number of likely N-dealkylation sites (tertiary alicyclic amines) is 1. The molecule has 1 fully saturated rings. The van der Waals surface area contributed by atoms with E-state index in [4.69, 9.17) is 10.5 Å². The fraction of sp³-hybridized carbons (Fsp3) is 0.917. The molecule has 2 N–H and O–H groups in total. The van der Waals surface area contributed by atoms with Crippen LogP contribution in [0.4, 0.5) is 4.79 Å². The lowest BCUT2D eigenvalue weighted by Gasteiger charge is -2.33. The molecule has 0 bridgehead atoms. The van der Waals surface area contributed by atoms with Gasteiger partial charge in [-0.2, -0.15) is 11.8 Å². The molecule has 0 aromatic heterocycles. The number of ether oxygens (including phenoxy) is 1. The van der Waals surface area contributed by atoms with Crippen molar-refractivity contribution in [1.29, 1.82) is 0 Å². The van der Waals surface area contributed by atoms with Crippen molar-refractivity contribution < 1.29 is 9.53 Å². The van der Waals surface area contributed by atoms with Gasteiger partial charge in [0.05, 0.1) is 0 Å². The van der Waals surface area contributed by atoms with E-state index < -0.39 is 5.60 Å². The zero-order chi connectivity index (χ0) is 12.9. The molecule has 1 atom stereocenters. The second kappa shape index (κ2) is 6.50. The fourth-order valence-corrected chi connectivity index (χ4v) is 2.89. The molecule has 1 saturated heterocycles. The van der Waals surface area contributed by atoms with Crippen LogP contribution in [0.5, 0.6) is 0 Å². The molecule has 5 heteroatoms. The van der Waals surface area contributed by atoms with Crippen molar-refractivity contribution in [1.82, 2.24) is 4.90 Å². The van der Waals surface area contributed by atoms with Crippen LogP contribution in [0.1, 0.15) is 33.6 Å². The molecule has 1 amide bonds. The van der Waals surface area contributed by atoms with E-state index in [-0.39, 0.29) is 6.09 Å². The maximum atomic E-state index is 11.9. The maximum absolute atomic E-state index is 11.9. The van der Waals surface area contributed by atoms with Crippen LogP contribution in [0.2, 0.25) is 0 Å². The van der Waals surface area contributed by atoms with Gasteiger partial charge in [-0.05, 0) is 33.6 Å². The Bertz CT molecular complexity index is 253. The first-order chi connectivity index (χ1) is 7.92. The van der Waals surface area contributed by atoms with Gasteiger partial charge in [0.25, 0.3) is 0 Å². The summed E-state index contributed by atoms with van der Waals surface area (Å²) in [4.78, 5) is 13.7. The van der Waals surface area contributed by atoms with Crippen molar-refractivity contribution >= 4 is 17.9 Å². The van der Waals surface area contributed by atoms with Crippen LogP contribution >= 0.6 is 11.8 Å². The summed E-state index contributed by atoms with van der Waals surface area (Å²) < 4.78 is 5.38. The lowest BCUT2D eigenvalue weighted by molar-refractivity contribution is 0.0220. The normalized spacial score (nSPS) is 21.4. The van der Waals surface area contributed by atoms with Crippen LogP contribution in [-0.4, -0.2) is 47.2 Å². The van der Waals surface area contributed by atoms with Crippen molar-refractivity contribution in [3.05, 3.63) is 0 Å². The molecular formula is C12H24N2O2S. The van der Waals surface area contributed by atoms with Gasteiger partial charge < -0.3 is 15.4 Å². The zero-order valence-electron chi connectivity index (χ0n) is 11.1. The smallest absolute Gasteiger partial charge is 0.410 e. The Morgan fingerprint density at radius 3 is 2.82 bits per heavy atom. The molecule has 1 aliphatic heterocycles. The first-order valence-electron chi connectivity index (χ1n) is 6.22. The summed E-state index contributed by atoms with van der Waals surface area (Å²) in [5, 5.41) is 0.514. The highest BCUT2D eigenvalue weighted by molar-refractivity contribution is 7.99. The number of rotatable bonds is 3. The number of nitrogens with zero attached hydrogens (tertiary/aromatic N) is 1. The Kier molecular flexibility index (Phi) is 5.59. The molecule has 0 unspecified atom stereocenters. The molecule has 100 valence electrons. The molecule has 0 aromatic carbocycles. The minimum Gasteiger partial charge on any atom is -0.444 e. The van der Waals surface area contributed by atoms with Gasteiger partial charge in [0.2, 0.25) is 0 Å². The topological polar surface area (TPSA) is 55.6 Å². The minimum absolute atomic E-state index is 0.185. The van der Waals surface area contributed by atoms with Crippen LogP contribution in [0, 0.1) is 0 Å². The largest absolute Gasteiger partial charge is 0.444 e. The summed E-state index contributed by atoms with van der Waals surface area (Å²) >= 11 is 1.86. The predicted octanol–water partition coefficient (Wildman–Crippen LogP) is 2.08. The van der Waals surface area contributed by atoms with Crippen molar-refractivity contribution in [2.45, 2.75) is 44.5 Å². The van der Waals surface area contributed by atoms with Crippen molar-refractivity contribution in [3.8, 4) is 0 Å². The SMILES string of the molecule is CC(C)(C)OC(=O)N1CCC[C@@H](SCCN)C1. The molecule has 0 saturated carbocycles. The van der Waals surface area contributed by atoms with Gasteiger partial charge in [0.15, 0.2) is 0 Å². The molecule has 1 heterocycles. The minimum atomic E-state index is -0.408. The van der Waals surface area contributed by atoms with Crippen LogP contribution in [0.3, 0.4) is 0 Å². The molecule has 0 aromatic rings. The van der Waals surface area contributed by atoms with Crippen molar-refractivity contribution in [2.24, 2.45) is 5.73 Å². The van der Waals surface area contributed by atoms with E-state index in [0.717, 1.165) is 25.3 Å². The third kappa shape index (κ3) is 5.64. The van der Waals surface area contributed by atoms with E-state index >= 15 is 0 Å². The van der Waals surface area contributed by atoms with E-state index in [1.807, 2.05) is 37.4 Å². The Morgan fingerprint density at radius 2 is 2.24 bits per heavy atom. The molecule has 17 heavy (non-hydrogen) atoms. The van der Waals surface area contributed by atoms with Crippen LogP contribution < -0.4 is 5.73 Å². The van der Waals surface area contributed by atoms with E-state index in [0.29, 0.717) is 11.8 Å². The highest BCUT2D eigenvalue weighted by Crippen LogP contribution is 2.23. The average molecular weight is 260 g/mol. The van der Waals surface area contributed by atoms with Crippen LogP contribution in [0.25, 0.3) is 0 Å². The third-order valence-electron chi connectivity index (χ3n) is 2.50. The predicted molar refractivity (Wildman–Crippen MR) is 72.3 cm³/mol. The molecule has 1 rings (SSSR count). The third-order valence-corrected chi connectivity index (χ3v) is 3.83. The lowest BCUT2D eigenvalue weighted by Crippen LogP contribution is -2.44. The molecule has 0 radical (unpaired) electrons. The van der Waals surface area contributed by atoms with Crippen molar-refractivity contribution in [2.75, 3.05) is 25.4 Å². The number of nitrogens with two attached hydrogens (primary N) is 1. The van der Waals surface area contributed by atoms with Gasteiger partial charge in [-0.3, -0.25) is 0 Å². The Morgan fingerprint density at radius 1 is 1.53 bits per heavy atom. The molecule has 4 nitrogen and oxygen atoms in total. The highest BCUT2D eigenvalue weighted by Gasteiger charge is 2.27. The van der Waals surface area contributed by atoms with Gasteiger partial charge in [0, 0.05) is 30.6 Å². The number of amides is 1. The molecule has 0 aliphatic carbocycles.